The summed E-state index contributed by atoms with van der Waals surface area (Å²) in [6, 6.07) is 5.46. The molecule has 1 N–H and O–H groups in total. The number of nitrogens with zero attached hydrogens (tertiary/aromatic N) is 2. The van der Waals surface area contributed by atoms with E-state index in [2.05, 4.69) is 4.90 Å². The van der Waals surface area contributed by atoms with Gasteiger partial charge in [0.2, 0.25) is 0 Å². The number of carbonyl (C=O) groups is 1. The van der Waals surface area contributed by atoms with Gasteiger partial charge in [-0.1, -0.05) is 19.1 Å². The second-order valence-electron chi connectivity index (χ2n) is 6.37. The minimum absolute atomic E-state index is 0.0402. The molecule has 1 heterocycles. The summed E-state index contributed by atoms with van der Waals surface area (Å²) < 4.78 is 44.2. The SMILES string of the molecule is CCN(CC(=O)O)C1CCN(CCOc2ccccc2C(F)(F)F)CC1. The van der Waals surface area contributed by atoms with Gasteiger partial charge < -0.3 is 9.84 Å². The number of likely N-dealkylation sites (tertiary alicyclic amines) is 1. The lowest BCUT2D eigenvalue weighted by Crippen LogP contribution is -2.47. The van der Waals surface area contributed by atoms with Crippen molar-refractivity contribution in [1.82, 2.24) is 9.80 Å². The van der Waals surface area contributed by atoms with E-state index in [-0.39, 0.29) is 24.9 Å². The number of hydrogen-bond donors (Lipinski definition) is 1. The molecule has 0 atom stereocenters. The highest BCUT2D eigenvalue weighted by atomic mass is 19.4. The first-order valence-corrected chi connectivity index (χ1v) is 8.78. The van der Waals surface area contributed by atoms with Crippen LogP contribution >= 0.6 is 0 Å². The Labute approximate surface area is 151 Å². The monoisotopic (exact) mass is 374 g/mol. The topological polar surface area (TPSA) is 53.0 Å². The van der Waals surface area contributed by atoms with Crippen molar-refractivity contribution in [3.05, 3.63) is 29.8 Å². The molecular formula is C18H25F3N2O3. The molecule has 1 saturated heterocycles. The summed E-state index contributed by atoms with van der Waals surface area (Å²) in [6.07, 6.45) is -2.73. The number of piperidine rings is 1. The van der Waals surface area contributed by atoms with Crippen LogP contribution in [0.25, 0.3) is 0 Å². The quantitative estimate of drug-likeness (QED) is 0.758. The Bertz CT molecular complexity index is 587. The summed E-state index contributed by atoms with van der Waals surface area (Å²) in [5, 5.41) is 8.95. The molecule has 2 rings (SSSR count). The van der Waals surface area contributed by atoms with E-state index in [0.717, 1.165) is 32.0 Å². The van der Waals surface area contributed by atoms with Crippen molar-refractivity contribution in [3.63, 3.8) is 0 Å². The molecule has 0 aromatic heterocycles. The third-order valence-electron chi connectivity index (χ3n) is 4.68. The fourth-order valence-corrected chi connectivity index (χ4v) is 3.29. The van der Waals surface area contributed by atoms with E-state index < -0.39 is 17.7 Å². The molecule has 0 spiro atoms. The molecule has 1 aliphatic rings. The highest BCUT2D eigenvalue weighted by molar-refractivity contribution is 5.69. The molecule has 1 aromatic rings. The van der Waals surface area contributed by atoms with E-state index in [0.29, 0.717) is 13.1 Å². The van der Waals surface area contributed by atoms with Gasteiger partial charge in [0.05, 0.1) is 12.1 Å². The van der Waals surface area contributed by atoms with Gasteiger partial charge >= 0.3 is 12.1 Å². The third-order valence-corrected chi connectivity index (χ3v) is 4.68. The number of aliphatic carboxylic acids is 1. The van der Waals surface area contributed by atoms with Crippen LogP contribution in [0, 0.1) is 0 Å². The molecule has 0 aliphatic carbocycles. The van der Waals surface area contributed by atoms with Crippen LogP contribution in [0.5, 0.6) is 5.75 Å². The summed E-state index contributed by atoms with van der Waals surface area (Å²) in [6.45, 7) is 4.97. The molecule has 5 nitrogen and oxygen atoms in total. The van der Waals surface area contributed by atoms with Crippen LogP contribution in [-0.2, 0) is 11.0 Å². The minimum Gasteiger partial charge on any atom is -0.492 e. The van der Waals surface area contributed by atoms with Gasteiger partial charge in [0.1, 0.15) is 12.4 Å². The van der Waals surface area contributed by atoms with E-state index in [1.165, 1.54) is 18.2 Å². The van der Waals surface area contributed by atoms with E-state index >= 15 is 0 Å². The van der Waals surface area contributed by atoms with Crippen molar-refractivity contribution in [1.29, 1.82) is 0 Å². The maximum absolute atomic E-state index is 12.9. The standard InChI is InChI=1S/C18H25F3N2O3/c1-2-23(13-17(24)25)14-7-9-22(10-8-14)11-12-26-16-6-4-3-5-15(16)18(19,20)21/h3-6,14H,2,7-13H2,1H3,(H,24,25). The van der Waals surface area contributed by atoms with Gasteiger partial charge in [-0.25, -0.2) is 0 Å². The molecule has 0 bridgehead atoms. The van der Waals surface area contributed by atoms with Crippen LogP contribution in [0.2, 0.25) is 0 Å². The summed E-state index contributed by atoms with van der Waals surface area (Å²) in [4.78, 5) is 15.0. The molecule has 146 valence electrons. The number of alkyl halides is 3. The van der Waals surface area contributed by atoms with Gasteiger partial charge in [-0.3, -0.25) is 14.6 Å². The Morgan fingerprint density at radius 1 is 1.31 bits per heavy atom. The Morgan fingerprint density at radius 2 is 1.96 bits per heavy atom. The number of rotatable bonds is 8. The smallest absolute Gasteiger partial charge is 0.419 e. The minimum atomic E-state index is -4.43. The molecule has 1 aromatic carbocycles. The van der Waals surface area contributed by atoms with Gasteiger partial charge in [-0.05, 0) is 44.6 Å². The summed E-state index contributed by atoms with van der Waals surface area (Å²) in [5.74, 6) is -0.973. The van der Waals surface area contributed by atoms with Crippen molar-refractivity contribution in [2.24, 2.45) is 0 Å². The highest BCUT2D eigenvalue weighted by Crippen LogP contribution is 2.35. The molecular weight excluding hydrogens is 349 g/mol. The van der Waals surface area contributed by atoms with Gasteiger partial charge in [0, 0.05) is 12.6 Å². The number of carboxylic acids is 1. The van der Waals surface area contributed by atoms with Gasteiger partial charge in [0.25, 0.3) is 0 Å². The number of halogens is 3. The largest absolute Gasteiger partial charge is 0.492 e. The Balaban J connectivity index is 1.78. The van der Waals surface area contributed by atoms with Crippen molar-refractivity contribution in [3.8, 4) is 5.75 Å². The Hall–Kier alpha value is -1.80. The predicted octanol–water partition coefficient (Wildman–Crippen LogP) is 2.96. The molecule has 1 fully saturated rings. The number of hydrogen-bond acceptors (Lipinski definition) is 4. The van der Waals surface area contributed by atoms with E-state index in [9.17, 15) is 18.0 Å². The van der Waals surface area contributed by atoms with E-state index in [4.69, 9.17) is 9.84 Å². The lowest BCUT2D eigenvalue weighted by molar-refractivity contribution is -0.139. The zero-order chi connectivity index (χ0) is 19.2. The van der Waals surface area contributed by atoms with Crippen LogP contribution in [0.4, 0.5) is 13.2 Å². The molecule has 0 saturated carbocycles. The van der Waals surface area contributed by atoms with Gasteiger partial charge in [-0.2, -0.15) is 13.2 Å². The average Bonchev–Trinajstić information content (AvgIpc) is 2.60. The number of benzene rings is 1. The van der Waals surface area contributed by atoms with Crippen LogP contribution in [0.15, 0.2) is 24.3 Å². The second kappa shape index (κ2) is 9.23. The molecule has 8 heteroatoms. The molecule has 0 amide bonds. The zero-order valence-corrected chi connectivity index (χ0v) is 14.8. The van der Waals surface area contributed by atoms with Crippen LogP contribution in [0.3, 0.4) is 0 Å². The van der Waals surface area contributed by atoms with Crippen LogP contribution in [0.1, 0.15) is 25.3 Å². The predicted molar refractivity (Wildman–Crippen MR) is 91.3 cm³/mol. The number of para-hydroxylation sites is 1. The first-order valence-electron chi connectivity index (χ1n) is 8.78. The average molecular weight is 374 g/mol. The third kappa shape index (κ3) is 5.88. The maximum atomic E-state index is 12.9. The summed E-state index contributed by atoms with van der Waals surface area (Å²) in [7, 11) is 0. The molecule has 0 unspecified atom stereocenters. The zero-order valence-electron chi connectivity index (χ0n) is 14.8. The van der Waals surface area contributed by atoms with Crippen molar-refractivity contribution in [2.75, 3.05) is 39.3 Å². The van der Waals surface area contributed by atoms with Crippen molar-refractivity contribution in [2.45, 2.75) is 32.0 Å². The van der Waals surface area contributed by atoms with Crippen molar-refractivity contribution < 1.29 is 27.8 Å². The van der Waals surface area contributed by atoms with Crippen LogP contribution < -0.4 is 4.74 Å². The summed E-state index contributed by atoms with van der Waals surface area (Å²) in [5.41, 5.74) is -0.758. The molecule has 1 aliphatic heterocycles. The number of likely N-dealkylation sites (N-methyl/N-ethyl adjacent to an activating group) is 1. The lowest BCUT2D eigenvalue weighted by Gasteiger charge is -2.37. The summed E-state index contributed by atoms with van der Waals surface area (Å²) >= 11 is 0. The Kier molecular flexibility index (Phi) is 7.28. The second-order valence-corrected chi connectivity index (χ2v) is 6.37. The van der Waals surface area contributed by atoms with Crippen molar-refractivity contribution >= 4 is 5.97 Å². The first kappa shape index (κ1) is 20.5. The fraction of sp³-hybridized carbons (Fsp3) is 0.611. The molecule has 26 heavy (non-hydrogen) atoms. The first-order chi connectivity index (χ1) is 12.3. The fourth-order valence-electron chi connectivity index (χ4n) is 3.29. The number of carboxylic acid groups (broad SMARTS) is 1. The highest BCUT2D eigenvalue weighted by Gasteiger charge is 2.34. The normalized spacial score (nSPS) is 16.8. The van der Waals surface area contributed by atoms with Crippen LogP contribution in [-0.4, -0.2) is 66.2 Å². The lowest BCUT2D eigenvalue weighted by atomic mass is 10.0. The number of ether oxygens (including phenoxy) is 1. The van der Waals surface area contributed by atoms with E-state index in [1.54, 1.807) is 0 Å². The van der Waals surface area contributed by atoms with E-state index in [1.807, 2.05) is 11.8 Å². The molecule has 0 radical (unpaired) electrons. The maximum Gasteiger partial charge on any atom is 0.419 e. The van der Waals surface area contributed by atoms with Gasteiger partial charge in [-0.15, -0.1) is 0 Å². The van der Waals surface area contributed by atoms with Gasteiger partial charge in [0.15, 0.2) is 0 Å². The Morgan fingerprint density at radius 3 is 2.54 bits per heavy atom.